The van der Waals surface area contributed by atoms with Gasteiger partial charge in [0, 0.05) is 5.54 Å². The number of hydrogen-bond acceptors (Lipinski definition) is 3. The molecule has 1 N–H and O–H groups in total. The van der Waals surface area contributed by atoms with Crippen LogP contribution < -0.4 is 5.32 Å². The Kier molecular flexibility index (Phi) is 3.31. The normalized spacial score (nSPS) is 25.9. The van der Waals surface area contributed by atoms with Gasteiger partial charge in [0.25, 0.3) is 0 Å². The summed E-state index contributed by atoms with van der Waals surface area (Å²) in [7, 11) is 0. The van der Waals surface area contributed by atoms with Crippen LogP contribution in [0.5, 0.6) is 0 Å². The highest BCUT2D eigenvalue weighted by atomic mass is 16.5. The lowest BCUT2D eigenvalue weighted by molar-refractivity contribution is -0.144. The molecular weight excluding hydrogens is 166 g/mol. The molecule has 1 heterocycles. The predicted molar refractivity (Wildman–Crippen MR) is 51.4 cm³/mol. The number of esters is 1. The van der Waals surface area contributed by atoms with Crippen molar-refractivity contribution in [3.63, 3.8) is 0 Å². The van der Waals surface area contributed by atoms with Gasteiger partial charge in [0.1, 0.15) is 0 Å². The summed E-state index contributed by atoms with van der Waals surface area (Å²) < 4.78 is 4.93. The van der Waals surface area contributed by atoms with Crippen molar-refractivity contribution in [2.75, 3.05) is 13.2 Å². The van der Waals surface area contributed by atoms with Gasteiger partial charge in [0.15, 0.2) is 0 Å². The Hall–Kier alpha value is -0.570. The zero-order valence-electron chi connectivity index (χ0n) is 8.72. The zero-order valence-corrected chi connectivity index (χ0v) is 8.72. The van der Waals surface area contributed by atoms with Gasteiger partial charge >= 0.3 is 5.97 Å². The van der Waals surface area contributed by atoms with Crippen molar-refractivity contribution >= 4 is 5.97 Å². The highest BCUT2D eigenvalue weighted by Gasteiger charge is 2.35. The Morgan fingerprint density at radius 2 is 2.31 bits per heavy atom. The summed E-state index contributed by atoms with van der Waals surface area (Å²) >= 11 is 0. The van der Waals surface area contributed by atoms with E-state index in [2.05, 4.69) is 19.2 Å². The lowest BCUT2D eigenvalue weighted by atomic mass is 9.87. The van der Waals surface area contributed by atoms with Crippen molar-refractivity contribution in [1.29, 1.82) is 0 Å². The molecule has 76 valence electrons. The molecule has 0 amide bonds. The molecule has 3 nitrogen and oxygen atoms in total. The minimum Gasteiger partial charge on any atom is -0.466 e. The third kappa shape index (κ3) is 2.69. The van der Waals surface area contributed by atoms with E-state index in [1.165, 1.54) is 0 Å². The molecule has 1 atom stereocenters. The molecule has 0 aromatic carbocycles. The van der Waals surface area contributed by atoms with E-state index >= 15 is 0 Å². The largest absolute Gasteiger partial charge is 0.466 e. The first-order chi connectivity index (χ1) is 6.06. The smallest absolute Gasteiger partial charge is 0.306 e. The topological polar surface area (TPSA) is 38.3 Å². The van der Waals surface area contributed by atoms with Crippen LogP contribution in [0, 0.1) is 5.92 Å². The summed E-state index contributed by atoms with van der Waals surface area (Å²) in [5.41, 5.74) is 0.0900. The highest BCUT2D eigenvalue weighted by Crippen LogP contribution is 2.28. The lowest BCUT2D eigenvalue weighted by Gasteiger charge is -2.26. The van der Waals surface area contributed by atoms with Crippen molar-refractivity contribution < 1.29 is 9.53 Å². The molecule has 0 spiro atoms. The second-order valence-electron chi connectivity index (χ2n) is 4.14. The second-order valence-corrected chi connectivity index (χ2v) is 4.14. The van der Waals surface area contributed by atoms with Gasteiger partial charge < -0.3 is 10.1 Å². The Balaban J connectivity index is 2.40. The van der Waals surface area contributed by atoms with Crippen LogP contribution in [-0.4, -0.2) is 24.7 Å². The van der Waals surface area contributed by atoms with E-state index in [1.54, 1.807) is 0 Å². The Labute approximate surface area is 79.8 Å². The molecule has 1 aliphatic heterocycles. The van der Waals surface area contributed by atoms with Gasteiger partial charge in [-0.1, -0.05) is 0 Å². The molecular formula is C10H19NO2. The van der Waals surface area contributed by atoms with Crippen molar-refractivity contribution in [3.05, 3.63) is 0 Å². The summed E-state index contributed by atoms with van der Waals surface area (Å²) in [6.07, 6.45) is 1.62. The van der Waals surface area contributed by atoms with Crippen molar-refractivity contribution in [2.24, 2.45) is 5.92 Å². The van der Waals surface area contributed by atoms with E-state index in [1.807, 2.05) is 6.92 Å². The van der Waals surface area contributed by atoms with Crippen LogP contribution in [0.1, 0.15) is 33.6 Å². The molecule has 0 saturated carbocycles. The molecule has 1 saturated heterocycles. The third-order valence-electron chi connectivity index (χ3n) is 2.81. The first-order valence-corrected chi connectivity index (χ1v) is 4.97. The van der Waals surface area contributed by atoms with Crippen molar-refractivity contribution in [3.8, 4) is 0 Å². The van der Waals surface area contributed by atoms with E-state index in [-0.39, 0.29) is 11.5 Å². The fourth-order valence-electron chi connectivity index (χ4n) is 1.85. The van der Waals surface area contributed by atoms with Crippen LogP contribution in [0.15, 0.2) is 0 Å². The molecule has 0 radical (unpaired) electrons. The SMILES string of the molecule is CCOC(=O)CC1CCNC1(C)C. The lowest BCUT2D eigenvalue weighted by Crippen LogP contribution is -2.39. The number of carbonyl (C=O) groups is 1. The van der Waals surface area contributed by atoms with Crippen molar-refractivity contribution in [2.45, 2.75) is 39.2 Å². The van der Waals surface area contributed by atoms with Crippen LogP contribution in [0.3, 0.4) is 0 Å². The highest BCUT2D eigenvalue weighted by molar-refractivity contribution is 5.69. The first-order valence-electron chi connectivity index (χ1n) is 4.97. The van der Waals surface area contributed by atoms with Crippen LogP contribution in [0.2, 0.25) is 0 Å². The van der Waals surface area contributed by atoms with Crippen molar-refractivity contribution in [1.82, 2.24) is 5.32 Å². The maximum absolute atomic E-state index is 11.2. The van der Waals surface area contributed by atoms with Gasteiger partial charge in [-0.15, -0.1) is 0 Å². The Morgan fingerprint density at radius 1 is 1.62 bits per heavy atom. The van der Waals surface area contributed by atoms with Crippen LogP contribution in [-0.2, 0) is 9.53 Å². The van der Waals surface area contributed by atoms with Gasteiger partial charge in [0.2, 0.25) is 0 Å². The molecule has 1 fully saturated rings. The summed E-state index contributed by atoms with van der Waals surface area (Å²) in [5.74, 6) is 0.357. The van der Waals surface area contributed by atoms with Gasteiger partial charge in [-0.3, -0.25) is 4.79 Å². The fourth-order valence-corrected chi connectivity index (χ4v) is 1.85. The van der Waals surface area contributed by atoms with E-state index in [4.69, 9.17) is 4.74 Å². The number of nitrogens with one attached hydrogen (secondary N) is 1. The van der Waals surface area contributed by atoms with Crippen LogP contribution >= 0.6 is 0 Å². The third-order valence-corrected chi connectivity index (χ3v) is 2.81. The summed E-state index contributed by atoms with van der Waals surface area (Å²) in [5, 5.41) is 3.39. The molecule has 0 aromatic heterocycles. The summed E-state index contributed by atoms with van der Waals surface area (Å²) in [6.45, 7) is 7.63. The monoisotopic (exact) mass is 185 g/mol. The molecule has 3 heteroatoms. The van der Waals surface area contributed by atoms with Gasteiger partial charge in [-0.25, -0.2) is 0 Å². The van der Waals surface area contributed by atoms with Crippen LogP contribution in [0.4, 0.5) is 0 Å². The molecule has 1 unspecified atom stereocenters. The van der Waals surface area contributed by atoms with Gasteiger partial charge in [-0.2, -0.15) is 0 Å². The zero-order chi connectivity index (χ0) is 9.90. The summed E-state index contributed by atoms with van der Waals surface area (Å²) in [4.78, 5) is 11.2. The minimum absolute atomic E-state index is 0.0655. The van der Waals surface area contributed by atoms with E-state index in [9.17, 15) is 4.79 Å². The maximum atomic E-state index is 11.2. The number of rotatable bonds is 3. The minimum atomic E-state index is -0.0655. The number of carbonyl (C=O) groups excluding carboxylic acids is 1. The molecule has 1 aliphatic rings. The average Bonchev–Trinajstić information content (AvgIpc) is 2.31. The second kappa shape index (κ2) is 4.09. The molecule has 0 bridgehead atoms. The predicted octanol–water partition coefficient (Wildman–Crippen LogP) is 1.33. The average molecular weight is 185 g/mol. The molecule has 0 aliphatic carbocycles. The number of ether oxygens (including phenoxy) is 1. The molecule has 0 aromatic rings. The standard InChI is InChI=1S/C10H19NO2/c1-4-13-9(12)7-8-5-6-11-10(8,2)3/h8,11H,4-7H2,1-3H3. The number of hydrogen-bond donors (Lipinski definition) is 1. The van der Waals surface area contributed by atoms with E-state index < -0.39 is 0 Å². The molecule has 1 rings (SSSR count). The maximum Gasteiger partial charge on any atom is 0.306 e. The Bertz CT molecular complexity index is 189. The fraction of sp³-hybridized carbons (Fsp3) is 0.900. The summed E-state index contributed by atoms with van der Waals surface area (Å²) in [6, 6.07) is 0. The quantitative estimate of drug-likeness (QED) is 0.674. The Morgan fingerprint density at radius 3 is 2.77 bits per heavy atom. The van der Waals surface area contributed by atoms with Gasteiger partial charge in [0.05, 0.1) is 13.0 Å². The van der Waals surface area contributed by atoms with E-state index in [0.29, 0.717) is 18.9 Å². The van der Waals surface area contributed by atoms with Gasteiger partial charge in [-0.05, 0) is 39.7 Å². The first kappa shape index (κ1) is 10.5. The van der Waals surface area contributed by atoms with E-state index in [0.717, 1.165) is 13.0 Å². The molecule has 13 heavy (non-hydrogen) atoms. The van der Waals surface area contributed by atoms with Crippen LogP contribution in [0.25, 0.3) is 0 Å².